The van der Waals surface area contributed by atoms with Gasteiger partial charge in [-0.15, -0.1) is 0 Å². The van der Waals surface area contributed by atoms with E-state index in [0.29, 0.717) is 45.0 Å². The fourth-order valence-corrected chi connectivity index (χ4v) is 4.93. The molecule has 0 fully saturated rings. The van der Waals surface area contributed by atoms with Crippen LogP contribution in [-0.2, 0) is 11.2 Å². The number of aromatic nitrogens is 2. The maximum Gasteiger partial charge on any atom is 0.224 e. The second kappa shape index (κ2) is 10.1. The lowest BCUT2D eigenvalue weighted by Crippen LogP contribution is -2.12. The van der Waals surface area contributed by atoms with Crippen LogP contribution in [0.1, 0.15) is 18.4 Å². The maximum absolute atomic E-state index is 12.6. The molecule has 0 atom stereocenters. The molecule has 2 aromatic heterocycles. The number of carbonyl (C=O) groups is 1. The molecule has 176 valence electrons. The minimum Gasteiger partial charge on any atom is -0.353 e. The highest BCUT2D eigenvalue weighted by atomic mass is 35.5. The van der Waals surface area contributed by atoms with Crippen LogP contribution in [0.4, 0.5) is 5.69 Å². The van der Waals surface area contributed by atoms with Crippen molar-refractivity contribution < 1.29 is 4.79 Å². The Morgan fingerprint density at radius 2 is 1.69 bits per heavy atom. The topological polar surface area (TPSA) is 57.8 Å². The number of fused-ring (bicyclic) bond motifs is 2. The number of hydrogen-bond acceptors (Lipinski definition) is 2. The largest absolute Gasteiger partial charge is 0.353 e. The molecule has 5 rings (SSSR count). The van der Waals surface area contributed by atoms with Crippen LogP contribution in [0, 0.1) is 0 Å². The maximum atomic E-state index is 12.6. The van der Waals surface area contributed by atoms with Gasteiger partial charge in [-0.2, -0.15) is 0 Å². The summed E-state index contributed by atoms with van der Waals surface area (Å²) in [6.07, 6.45) is 1.58. The van der Waals surface area contributed by atoms with Crippen molar-refractivity contribution in [2.75, 3.05) is 5.32 Å². The summed E-state index contributed by atoms with van der Waals surface area (Å²) in [5, 5.41) is 6.57. The van der Waals surface area contributed by atoms with Crippen molar-refractivity contribution in [1.29, 1.82) is 0 Å². The molecule has 3 aromatic carbocycles. The van der Waals surface area contributed by atoms with Gasteiger partial charge in [-0.25, -0.2) is 4.98 Å². The molecule has 0 saturated carbocycles. The van der Waals surface area contributed by atoms with Crippen molar-refractivity contribution >= 4 is 79.8 Å². The number of anilines is 1. The van der Waals surface area contributed by atoms with E-state index in [2.05, 4.69) is 16.4 Å². The van der Waals surface area contributed by atoms with Crippen LogP contribution in [-0.4, -0.2) is 15.9 Å². The van der Waals surface area contributed by atoms with Crippen molar-refractivity contribution in [3.8, 4) is 11.4 Å². The number of H-pyrrole nitrogens is 1. The van der Waals surface area contributed by atoms with E-state index in [-0.39, 0.29) is 5.91 Å². The zero-order valence-corrected chi connectivity index (χ0v) is 21.4. The normalized spacial score (nSPS) is 11.3. The molecule has 0 spiro atoms. The van der Waals surface area contributed by atoms with E-state index in [0.717, 1.165) is 38.8 Å². The molecule has 0 unspecified atom stereocenters. The molecule has 0 radical (unpaired) electrons. The molecular formula is C27H19Cl4N3O. The number of hydrogen-bond donors (Lipinski definition) is 2. The average Bonchev–Trinajstić information content (AvgIpc) is 3.20. The minimum atomic E-state index is -0.159. The molecule has 2 N–H and O–H groups in total. The van der Waals surface area contributed by atoms with Crippen LogP contribution in [0.25, 0.3) is 33.2 Å². The van der Waals surface area contributed by atoms with Gasteiger partial charge in [0.1, 0.15) is 0 Å². The molecule has 0 aliphatic rings. The van der Waals surface area contributed by atoms with Crippen molar-refractivity contribution in [2.24, 2.45) is 0 Å². The van der Waals surface area contributed by atoms with Crippen LogP contribution in [0.3, 0.4) is 0 Å². The molecule has 0 aliphatic carbocycles. The summed E-state index contributed by atoms with van der Waals surface area (Å²) in [5.74, 6) is -0.159. The van der Waals surface area contributed by atoms with E-state index in [4.69, 9.17) is 51.4 Å². The second-order valence-electron chi connectivity index (χ2n) is 8.21. The van der Waals surface area contributed by atoms with Crippen LogP contribution >= 0.6 is 46.4 Å². The Labute approximate surface area is 222 Å². The van der Waals surface area contributed by atoms with E-state index in [1.165, 1.54) is 6.07 Å². The molecule has 35 heavy (non-hydrogen) atoms. The van der Waals surface area contributed by atoms with Crippen LogP contribution < -0.4 is 5.32 Å². The Morgan fingerprint density at radius 1 is 0.886 bits per heavy atom. The Hall–Kier alpha value is -2.76. The Balaban J connectivity index is 1.40. The van der Waals surface area contributed by atoms with Gasteiger partial charge in [-0.05, 0) is 60.9 Å². The van der Waals surface area contributed by atoms with E-state index in [9.17, 15) is 4.79 Å². The lowest BCUT2D eigenvalue weighted by atomic mass is 10.0. The second-order valence-corrected chi connectivity index (χ2v) is 9.86. The van der Waals surface area contributed by atoms with Crippen molar-refractivity contribution in [1.82, 2.24) is 9.97 Å². The summed E-state index contributed by atoms with van der Waals surface area (Å²) in [7, 11) is 0. The van der Waals surface area contributed by atoms with Gasteiger partial charge in [0.25, 0.3) is 0 Å². The molecule has 1 amide bonds. The number of aryl methyl sites for hydroxylation is 1. The van der Waals surface area contributed by atoms with E-state index >= 15 is 0 Å². The van der Waals surface area contributed by atoms with Gasteiger partial charge in [-0.3, -0.25) is 4.79 Å². The summed E-state index contributed by atoms with van der Waals surface area (Å²) in [6.45, 7) is 0. The van der Waals surface area contributed by atoms with Gasteiger partial charge in [-0.1, -0.05) is 70.7 Å². The van der Waals surface area contributed by atoms with Crippen LogP contribution in [0.5, 0.6) is 0 Å². The summed E-state index contributed by atoms with van der Waals surface area (Å²) >= 11 is 24.5. The first-order valence-electron chi connectivity index (χ1n) is 11.0. The lowest BCUT2D eigenvalue weighted by molar-refractivity contribution is -0.116. The number of rotatable bonds is 6. The Kier molecular flexibility index (Phi) is 6.90. The standard InChI is InChI=1S/C27H19Cl4N3O/c28-16-9-11-23-18(12-16)17(27(34-23)24-10-8-15-4-1-2-6-22(15)32-24)5-3-7-26(35)33-25-14-20(30)19(29)13-21(25)31/h1-2,4,6,8-14,34H,3,5,7H2,(H,33,35). The van der Waals surface area contributed by atoms with Gasteiger partial charge in [0.05, 0.1) is 37.7 Å². The molecule has 0 saturated heterocycles. The molecule has 4 nitrogen and oxygen atoms in total. The van der Waals surface area contributed by atoms with Crippen molar-refractivity contribution in [2.45, 2.75) is 19.3 Å². The predicted octanol–water partition coefficient (Wildman–Crippen LogP) is 8.96. The fraction of sp³-hybridized carbons (Fsp3) is 0.111. The van der Waals surface area contributed by atoms with Gasteiger partial charge < -0.3 is 10.3 Å². The summed E-state index contributed by atoms with van der Waals surface area (Å²) in [4.78, 5) is 21.0. The van der Waals surface area contributed by atoms with Gasteiger partial charge in [0, 0.05) is 27.7 Å². The Bertz CT molecular complexity index is 1580. The van der Waals surface area contributed by atoms with Crippen LogP contribution in [0.2, 0.25) is 20.1 Å². The first kappa shape index (κ1) is 24.0. The number of nitrogens with zero attached hydrogens (tertiary/aromatic N) is 1. The Morgan fingerprint density at radius 3 is 2.54 bits per heavy atom. The van der Waals surface area contributed by atoms with E-state index in [1.807, 2.05) is 48.5 Å². The van der Waals surface area contributed by atoms with E-state index in [1.54, 1.807) is 6.07 Å². The quantitative estimate of drug-likeness (QED) is 0.210. The van der Waals surface area contributed by atoms with E-state index < -0.39 is 0 Å². The van der Waals surface area contributed by atoms with Gasteiger partial charge in [0.15, 0.2) is 0 Å². The zero-order valence-electron chi connectivity index (χ0n) is 18.3. The third-order valence-corrected chi connectivity index (χ3v) is 7.11. The van der Waals surface area contributed by atoms with Gasteiger partial charge >= 0.3 is 0 Å². The summed E-state index contributed by atoms with van der Waals surface area (Å²) in [5.41, 5.74) is 5.18. The first-order chi connectivity index (χ1) is 16.9. The number of halogens is 4. The lowest BCUT2D eigenvalue weighted by Gasteiger charge is -2.09. The number of aromatic amines is 1. The minimum absolute atomic E-state index is 0.159. The monoisotopic (exact) mass is 541 g/mol. The molecule has 0 aliphatic heterocycles. The first-order valence-corrected chi connectivity index (χ1v) is 12.5. The van der Waals surface area contributed by atoms with Crippen molar-refractivity contribution in [3.63, 3.8) is 0 Å². The molecule has 0 bridgehead atoms. The number of carbonyl (C=O) groups excluding carboxylic acids is 1. The zero-order chi connectivity index (χ0) is 24.5. The SMILES string of the molecule is O=C(CCCc1c(-c2ccc3ccccc3n2)[nH]c2ccc(Cl)cc12)Nc1cc(Cl)c(Cl)cc1Cl. The van der Waals surface area contributed by atoms with Gasteiger partial charge in [0.2, 0.25) is 5.91 Å². The summed E-state index contributed by atoms with van der Waals surface area (Å²) < 4.78 is 0. The predicted molar refractivity (Wildman–Crippen MR) is 147 cm³/mol. The smallest absolute Gasteiger partial charge is 0.224 e. The van der Waals surface area contributed by atoms with Crippen molar-refractivity contribution in [3.05, 3.63) is 92.4 Å². The highest BCUT2D eigenvalue weighted by molar-refractivity contribution is 6.44. The number of benzene rings is 3. The molecule has 5 aromatic rings. The molecular weight excluding hydrogens is 524 g/mol. The number of amides is 1. The molecule has 2 heterocycles. The average molecular weight is 543 g/mol. The third-order valence-electron chi connectivity index (χ3n) is 5.84. The fourth-order valence-electron chi connectivity index (χ4n) is 4.16. The third kappa shape index (κ3) is 5.12. The number of pyridine rings is 1. The highest BCUT2D eigenvalue weighted by Gasteiger charge is 2.16. The molecule has 8 heteroatoms. The number of nitrogens with one attached hydrogen (secondary N) is 2. The summed E-state index contributed by atoms with van der Waals surface area (Å²) in [6, 6.07) is 20.9. The number of para-hydroxylation sites is 1. The van der Waals surface area contributed by atoms with Crippen LogP contribution in [0.15, 0.2) is 66.7 Å². The highest BCUT2D eigenvalue weighted by Crippen LogP contribution is 2.34.